The average molecular weight is 415 g/mol. The molecule has 4 heterocycles. The number of nitrogens with one attached hydrogen (secondary N) is 1. The Morgan fingerprint density at radius 2 is 1.87 bits per heavy atom. The highest BCUT2D eigenvalue weighted by atomic mass is 16.5. The van der Waals surface area contributed by atoms with Crippen molar-refractivity contribution < 1.29 is 13.9 Å². The molecule has 3 aromatic heterocycles. The minimum absolute atomic E-state index is 0.148. The van der Waals surface area contributed by atoms with Gasteiger partial charge in [-0.2, -0.15) is 0 Å². The number of hydrogen-bond acceptors (Lipinski definition) is 7. The Balaban J connectivity index is 1.29. The molecule has 0 unspecified atom stereocenters. The number of pyridine rings is 1. The number of amides is 1. The molecule has 1 amide bonds. The fourth-order valence-electron chi connectivity index (χ4n) is 3.71. The Hall–Kier alpha value is -3.78. The monoisotopic (exact) mass is 415 g/mol. The molecule has 1 aromatic carbocycles. The molecule has 0 bridgehead atoms. The van der Waals surface area contributed by atoms with E-state index in [-0.39, 0.29) is 11.9 Å². The summed E-state index contributed by atoms with van der Waals surface area (Å²) in [5.74, 6) is 0.489. The number of fused-ring (bicyclic) bond motifs is 1. The van der Waals surface area contributed by atoms with Gasteiger partial charge in [-0.05, 0) is 30.3 Å². The molecular weight excluding hydrogens is 394 g/mol. The number of hydrogen-bond donors (Lipinski definition) is 1. The van der Waals surface area contributed by atoms with Crippen LogP contribution in [0.4, 0.5) is 5.95 Å². The molecule has 1 N–H and O–H groups in total. The summed E-state index contributed by atoms with van der Waals surface area (Å²) in [6.07, 6.45) is 6.79. The molecule has 31 heavy (non-hydrogen) atoms. The Labute approximate surface area is 178 Å². The molecule has 8 heteroatoms. The second-order valence-corrected chi connectivity index (χ2v) is 7.31. The topological polar surface area (TPSA) is 93.4 Å². The summed E-state index contributed by atoms with van der Waals surface area (Å²) < 4.78 is 11.1. The third kappa shape index (κ3) is 4.10. The second kappa shape index (κ2) is 8.53. The number of aromatic nitrogens is 3. The van der Waals surface area contributed by atoms with E-state index in [1.54, 1.807) is 43.1 Å². The van der Waals surface area contributed by atoms with Gasteiger partial charge in [0.05, 0.1) is 31.2 Å². The van der Waals surface area contributed by atoms with Gasteiger partial charge in [0.2, 0.25) is 5.95 Å². The average Bonchev–Trinajstić information content (AvgIpc) is 3.19. The fourth-order valence-corrected chi connectivity index (χ4v) is 3.71. The molecule has 5 rings (SSSR count). The van der Waals surface area contributed by atoms with Crippen LogP contribution in [0, 0.1) is 0 Å². The first-order chi connectivity index (χ1) is 15.3. The lowest BCUT2D eigenvalue weighted by Gasteiger charge is -2.24. The van der Waals surface area contributed by atoms with Crippen LogP contribution < -0.4 is 10.2 Å². The molecule has 0 saturated carbocycles. The maximum Gasteiger partial charge on any atom is 0.251 e. The van der Waals surface area contributed by atoms with E-state index in [1.165, 1.54) is 0 Å². The summed E-state index contributed by atoms with van der Waals surface area (Å²) >= 11 is 0. The standard InChI is InChI=1S/C23H21N5O3/c29-22(27-18-14-28(11-13-30-15-18)23-25-8-1-9-26-23)17-4-2-16(3-5-17)21-19-7-12-31-20(19)6-10-24-21/h1-10,12,18H,11,13-15H2,(H,27,29)/t18-/m0/s1. The van der Waals surface area contributed by atoms with E-state index >= 15 is 0 Å². The number of anilines is 1. The third-order valence-corrected chi connectivity index (χ3v) is 5.24. The number of benzene rings is 1. The van der Waals surface area contributed by atoms with Crippen LogP contribution in [-0.2, 0) is 4.74 Å². The second-order valence-electron chi connectivity index (χ2n) is 7.31. The van der Waals surface area contributed by atoms with Gasteiger partial charge in [0.25, 0.3) is 5.91 Å². The van der Waals surface area contributed by atoms with Crippen molar-refractivity contribution in [1.82, 2.24) is 20.3 Å². The highest BCUT2D eigenvalue weighted by Gasteiger charge is 2.22. The molecule has 8 nitrogen and oxygen atoms in total. The van der Waals surface area contributed by atoms with Crippen LogP contribution in [0.5, 0.6) is 0 Å². The molecule has 0 spiro atoms. The van der Waals surface area contributed by atoms with Gasteiger partial charge in [0.1, 0.15) is 5.58 Å². The van der Waals surface area contributed by atoms with E-state index in [9.17, 15) is 4.79 Å². The quantitative estimate of drug-likeness (QED) is 0.548. The van der Waals surface area contributed by atoms with Crippen molar-refractivity contribution in [2.45, 2.75) is 6.04 Å². The molecule has 0 aliphatic carbocycles. The van der Waals surface area contributed by atoms with Crippen molar-refractivity contribution in [2.75, 3.05) is 31.2 Å². The van der Waals surface area contributed by atoms with E-state index in [4.69, 9.17) is 9.15 Å². The number of carbonyl (C=O) groups is 1. The number of rotatable bonds is 4. The zero-order valence-electron chi connectivity index (χ0n) is 16.8. The molecule has 1 fully saturated rings. The van der Waals surface area contributed by atoms with Gasteiger partial charge in [-0.25, -0.2) is 9.97 Å². The normalized spacial score (nSPS) is 16.8. The summed E-state index contributed by atoms with van der Waals surface area (Å²) in [4.78, 5) is 27.9. The van der Waals surface area contributed by atoms with Crippen LogP contribution >= 0.6 is 0 Å². The maximum absolute atomic E-state index is 12.8. The Kier molecular flexibility index (Phi) is 5.28. The lowest BCUT2D eigenvalue weighted by molar-refractivity contribution is 0.0884. The Morgan fingerprint density at radius 1 is 1.03 bits per heavy atom. The lowest BCUT2D eigenvalue weighted by atomic mass is 10.1. The minimum atomic E-state index is -0.167. The van der Waals surface area contributed by atoms with Gasteiger partial charge in [0, 0.05) is 48.2 Å². The first-order valence-corrected chi connectivity index (χ1v) is 10.1. The zero-order chi connectivity index (χ0) is 21.0. The van der Waals surface area contributed by atoms with Crippen molar-refractivity contribution in [3.8, 4) is 11.3 Å². The zero-order valence-corrected chi connectivity index (χ0v) is 16.8. The van der Waals surface area contributed by atoms with Gasteiger partial charge in [-0.15, -0.1) is 0 Å². The van der Waals surface area contributed by atoms with Crippen LogP contribution in [0.3, 0.4) is 0 Å². The molecule has 0 radical (unpaired) electrons. The minimum Gasteiger partial charge on any atom is -0.464 e. The van der Waals surface area contributed by atoms with Crippen LogP contribution in [0.1, 0.15) is 10.4 Å². The first-order valence-electron chi connectivity index (χ1n) is 10.1. The smallest absolute Gasteiger partial charge is 0.251 e. The van der Waals surface area contributed by atoms with Gasteiger partial charge in [0.15, 0.2) is 0 Å². The predicted molar refractivity (Wildman–Crippen MR) is 116 cm³/mol. The molecule has 4 aromatic rings. The van der Waals surface area contributed by atoms with Crippen molar-refractivity contribution in [2.24, 2.45) is 0 Å². The van der Waals surface area contributed by atoms with Gasteiger partial charge >= 0.3 is 0 Å². The van der Waals surface area contributed by atoms with Crippen molar-refractivity contribution in [1.29, 1.82) is 0 Å². The molecule has 1 aliphatic heterocycles. The summed E-state index contributed by atoms with van der Waals surface area (Å²) in [6.45, 7) is 2.27. The number of carbonyl (C=O) groups excluding carboxylic acids is 1. The maximum atomic E-state index is 12.8. The molecule has 156 valence electrons. The largest absolute Gasteiger partial charge is 0.464 e. The highest BCUT2D eigenvalue weighted by Crippen LogP contribution is 2.27. The summed E-state index contributed by atoms with van der Waals surface area (Å²) in [6, 6.07) is 12.8. The van der Waals surface area contributed by atoms with Gasteiger partial charge < -0.3 is 19.4 Å². The van der Waals surface area contributed by atoms with Crippen LogP contribution in [-0.4, -0.2) is 53.2 Å². The fraction of sp³-hybridized carbons (Fsp3) is 0.217. The molecule has 1 saturated heterocycles. The summed E-state index contributed by atoms with van der Waals surface area (Å²) in [5, 5.41) is 4.01. The van der Waals surface area contributed by atoms with Crippen molar-refractivity contribution >= 4 is 22.8 Å². The number of furan rings is 1. The van der Waals surface area contributed by atoms with E-state index in [0.29, 0.717) is 37.8 Å². The Morgan fingerprint density at radius 3 is 2.71 bits per heavy atom. The van der Waals surface area contributed by atoms with E-state index in [2.05, 4.69) is 20.3 Å². The molecule has 1 aliphatic rings. The van der Waals surface area contributed by atoms with Gasteiger partial charge in [-0.3, -0.25) is 9.78 Å². The van der Waals surface area contributed by atoms with E-state index < -0.39 is 0 Å². The number of nitrogens with zero attached hydrogens (tertiary/aromatic N) is 4. The van der Waals surface area contributed by atoms with Crippen LogP contribution in [0.15, 0.2) is 71.7 Å². The van der Waals surface area contributed by atoms with Gasteiger partial charge in [-0.1, -0.05) is 12.1 Å². The summed E-state index contributed by atoms with van der Waals surface area (Å²) in [5.41, 5.74) is 3.12. The highest BCUT2D eigenvalue weighted by molar-refractivity contribution is 5.96. The predicted octanol–water partition coefficient (Wildman–Crippen LogP) is 2.92. The third-order valence-electron chi connectivity index (χ3n) is 5.24. The Bertz CT molecular complexity index is 1180. The van der Waals surface area contributed by atoms with E-state index in [1.807, 2.05) is 29.2 Å². The van der Waals surface area contributed by atoms with Crippen LogP contribution in [0.2, 0.25) is 0 Å². The van der Waals surface area contributed by atoms with Crippen molar-refractivity contribution in [3.63, 3.8) is 0 Å². The van der Waals surface area contributed by atoms with Crippen molar-refractivity contribution in [3.05, 3.63) is 72.9 Å². The first kappa shape index (κ1) is 19.2. The lowest BCUT2D eigenvalue weighted by Crippen LogP contribution is -2.45. The SMILES string of the molecule is O=C(N[C@@H]1COCCN(c2ncccn2)C1)c1ccc(-c2nccc3occc23)cc1. The number of ether oxygens (including phenoxy) is 1. The molecule has 1 atom stereocenters. The van der Waals surface area contributed by atoms with Crippen LogP contribution in [0.25, 0.3) is 22.2 Å². The molecular formula is C23H21N5O3. The van der Waals surface area contributed by atoms with E-state index in [0.717, 1.165) is 22.2 Å². The summed E-state index contributed by atoms with van der Waals surface area (Å²) in [7, 11) is 0.